The van der Waals surface area contributed by atoms with Gasteiger partial charge in [-0.1, -0.05) is 31.0 Å². The van der Waals surface area contributed by atoms with Crippen molar-refractivity contribution >= 4 is 27.8 Å². The quantitative estimate of drug-likeness (QED) is 0.749. The summed E-state index contributed by atoms with van der Waals surface area (Å²) in [5.41, 5.74) is 0.0272. The molecule has 124 valence electrons. The van der Waals surface area contributed by atoms with Crippen molar-refractivity contribution in [2.24, 2.45) is 0 Å². The van der Waals surface area contributed by atoms with Crippen LogP contribution in [0, 0.1) is 5.82 Å². The minimum atomic E-state index is -4.08. The standard InChI is InChI=1S/C13H18ClFN2O4S/c1-3-5-12(13(18)19)16-22(20,21)17(2)8-9-10(14)6-4-7-11(9)15/h4,6-7,12,16H,3,5,8H2,1-2H3,(H,18,19). The van der Waals surface area contributed by atoms with E-state index in [0.717, 1.165) is 4.31 Å². The van der Waals surface area contributed by atoms with Crippen LogP contribution in [0.25, 0.3) is 0 Å². The molecule has 22 heavy (non-hydrogen) atoms. The Morgan fingerprint density at radius 3 is 2.64 bits per heavy atom. The molecule has 0 fully saturated rings. The minimum Gasteiger partial charge on any atom is -0.480 e. The van der Waals surface area contributed by atoms with Crippen LogP contribution in [0.1, 0.15) is 25.3 Å². The Labute approximate surface area is 134 Å². The van der Waals surface area contributed by atoms with Crippen molar-refractivity contribution in [3.8, 4) is 0 Å². The summed E-state index contributed by atoms with van der Waals surface area (Å²) >= 11 is 5.85. The van der Waals surface area contributed by atoms with Crippen molar-refractivity contribution in [3.63, 3.8) is 0 Å². The Morgan fingerprint density at radius 2 is 2.14 bits per heavy atom. The van der Waals surface area contributed by atoms with Crippen molar-refractivity contribution < 1.29 is 22.7 Å². The maximum absolute atomic E-state index is 13.7. The van der Waals surface area contributed by atoms with E-state index in [1.54, 1.807) is 6.92 Å². The van der Waals surface area contributed by atoms with Gasteiger partial charge in [-0.05, 0) is 18.6 Å². The zero-order valence-corrected chi connectivity index (χ0v) is 13.8. The number of benzene rings is 1. The lowest BCUT2D eigenvalue weighted by Gasteiger charge is -2.21. The lowest BCUT2D eigenvalue weighted by atomic mass is 10.2. The van der Waals surface area contributed by atoms with E-state index >= 15 is 0 Å². The maximum atomic E-state index is 13.7. The van der Waals surface area contributed by atoms with Gasteiger partial charge in [-0.2, -0.15) is 17.4 Å². The molecule has 0 aliphatic carbocycles. The first-order valence-electron chi connectivity index (χ1n) is 6.58. The van der Waals surface area contributed by atoms with E-state index in [4.69, 9.17) is 16.7 Å². The summed E-state index contributed by atoms with van der Waals surface area (Å²) in [5, 5.41) is 9.10. The summed E-state index contributed by atoms with van der Waals surface area (Å²) in [5.74, 6) is -1.89. The van der Waals surface area contributed by atoms with Crippen LogP contribution in [-0.2, 0) is 21.5 Å². The molecule has 1 aromatic rings. The molecule has 1 rings (SSSR count). The van der Waals surface area contributed by atoms with Crippen molar-refractivity contribution in [2.75, 3.05) is 7.05 Å². The van der Waals surface area contributed by atoms with Crippen molar-refractivity contribution in [1.82, 2.24) is 9.03 Å². The molecular formula is C13H18ClFN2O4S. The topological polar surface area (TPSA) is 86.7 Å². The normalized spacial score (nSPS) is 13.3. The van der Waals surface area contributed by atoms with Crippen LogP contribution >= 0.6 is 11.6 Å². The first-order valence-corrected chi connectivity index (χ1v) is 8.40. The van der Waals surface area contributed by atoms with E-state index in [1.807, 2.05) is 0 Å². The van der Waals surface area contributed by atoms with E-state index in [-0.39, 0.29) is 23.6 Å². The number of carboxylic acid groups (broad SMARTS) is 1. The van der Waals surface area contributed by atoms with Gasteiger partial charge in [0.05, 0.1) is 0 Å². The lowest BCUT2D eigenvalue weighted by molar-refractivity contribution is -0.139. The van der Waals surface area contributed by atoms with Gasteiger partial charge in [-0.15, -0.1) is 0 Å². The smallest absolute Gasteiger partial charge is 0.321 e. The fourth-order valence-electron chi connectivity index (χ4n) is 1.78. The number of carboxylic acids is 1. The average molecular weight is 353 g/mol. The van der Waals surface area contributed by atoms with Crippen LogP contribution in [0.5, 0.6) is 0 Å². The third-order valence-corrected chi connectivity index (χ3v) is 4.91. The van der Waals surface area contributed by atoms with Crippen LogP contribution in [-0.4, -0.2) is 36.9 Å². The molecule has 0 saturated carbocycles. The molecule has 1 aromatic carbocycles. The molecule has 0 radical (unpaired) electrons. The third-order valence-electron chi connectivity index (χ3n) is 3.02. The van der Waals surface area contributed by atoms with E-state index in [9.17, 15) is 17.6 Å². The second-order valence-electron chi connectivity index (χ2n) is 4.76. The minimum absolute atomic E-state index is 0.0272. The van der Waals surface area contributed by atoms with Gasteiger partial charge in [-0.25, -0.2) is 4.39 Å². The van der Waals surface area contributed by atoms with Crippen molar-refractivity contribution in [3.05, 3.63) is 34.6 Å². The van der Waals surface area contributed by atoms with Crippen LogP contribution in [0.2, 0.25) is 5.02 Å². The first kappa shape index (κ1) is 18.8. The van der Waals surface area contributed by atoms with E-state index in [2.05, 4.69) is 4.72 Å². The number of aliphatic carboxylic acids is 1. The molecule has 1 atom stereocenters. The van der Waals surface area contributed by atoms with Crippen LogP contribution < -0.4 is 4.72 Å². The molecule has 1 unspecified atom stereocenters. The van der Waals surface area contributed by atoms with Crippen LogP contribution in [0.4, 0.5) is 4.39 Å². The predicted molar refractivity (Wildman–Crippen MR) is 81.3 cm³/mol. The average Bonchev–Trinajstić information content (AvgIpc) is 2.42. The number of nitrogens with zero attached hydrogens (tertiary/aromatic N) is 1. The Morgan fingerprint density at radius 1 is 1.50 bits per heavy atom. The highest BCUT2D eigenvalue weighted by Crippen LogP contribution is 2.21. The summed E-state index contributed by atoms with van der Waals surface area (Å²) in [7, 11) is -2.86. The fraction of sp³-hybridized carbons (Fsp3) is 0.462. The van der Waals surface area contributed by atoms with Crippen molar-refractivity contribution in [2.45, 2.75) is 32.4 Å². The Kier molecular flexibility index (Phi) is 6.73. The zero-order chi connectivity index (χ0) is 16.9. The van der Waals surface area contributed by atoms with Gasteiger partial charge in [0.25, 0.3) is 10.2 Å². The molecule has 0 saturated heterocycles. The second kappa shape index (κ2) is 7.87. The fourth-order valence-corrected chi connectivity index (χ4v) is 3.06. The monoisotopic (exact) mass is 352 g/mol. The van der Waals surface area contributed by atoms with E-state index in [1.165, 1.54) is 25.2 Å². The zero-order valence-electron chi connectivity index (χ0n) is 12.2. The maximum Gasteiger partial charge on any atom is 0.321 e. The molecule has 2 N–H and O–H groups in total. The van der Waals surface area contributed by atoms with Gasteiger partial charge in [0, 0.05) is 24.2 Å². The van der Waals surface area contributed by atoms with Gasteiger partial charge >= 0.3 is 5.97 Å². The van der Waals surface area contributed by atoms with Gasteiger partial charge in [0.2, 0.25) is 0 Å². The molecule has 0 bridgehead atoms. The van der Waals surface area contributed by atoms with Crippen LogP contribution in [0.15, 0.2) is 18.2 Å². The summed E-state index contributed by atoms with van der Waals surface area (Å²) in [6.45, 7) is 1.44. The molecule has 9 heteroatoms. The molecule has 6 nitrogen and oxygen atoms in total. The summed E-state index contributed by atoms with van der Waals surface area (Å²) in [6, 6.07) is 2.81. The second-order valence-corrected chi connectivity index (χ2v) is 6.98. The number of carbonyl (C=O) groups is 1. The van der Waals surface area contributed by atoms with Gasteiger partial charge in [0.15, 0.2) is 0 Å². The largest absolute Gasteiger partial charge is 0.480 e. The van der Waals surface area contributed by atoms with Gasteiger partial charge in [0.1, 0.15) is 11.9 Å². The highest BCUT2D eigenvalue weighted by molar-refractivity contribution is 7.87. The highest BCUT2D eigenvalue weighted by Gasteiger charge is 2.27. The number of nitrogens with one attached hydrogen (secondary N) is 1. The lowest BCUT2D eigenvalue weighted by Crippen LogP contribution is -2.46. The number of hydrogen-bond donors (Lipinski definition) is 2. The number of rotatable bonds is 8. The summed E-state index contributed by atoms with van der Waals surface area (Å²) < 4.78 is 40.9. The molecule has 0 aromatic heterocycles. The summed E-state index contributed by atoms with van der Waals surface area (Å²) in [4.78, 5) is 11.0. The molecule has 0 aliphatic heterocycles. The van der Waals surface area contributed by atoms with Gasteiger partial charge < -0.3 is 5.11 Å². The Bertz CT molecular complexity index is 619. The Balaban J connectivity index is 2.91. The van der Waals surface area contributed by atoms with Crippen LogP contribution in [0.3, 0.4) is 0 Å². The SMILES string of the molecule is CCCC(NS(=O)(=O)N(C)Cc1c(F)cccc1Cl)C(=O)O. The predicted octanol–water partition coefficient (Wildman–Crippen LogP) is 2.00. The molecule has 0 heterocycles. The molecule has 0 amide bonds. The third kappa shape index (κ3) is 4.91. The molecular weight excluding hydrogens is 335 g/mol. The van der Waals surface area contributed by atoms with E-state index in [0.29, 0.717) is 6.42 Å². The van der Waals surface area contributed by atoms with Gasteiger partial charge in [-0.3, -0.25) is 4.79 Å². The number of hydrogen-bond acceptors (Lipinski definition) is 3. The molecule has 0 spiro atoms. The Hall–Kier alpha value is -1.22. The summed E-state index contributed by atoms with van der Waals surface area (Å²) in [6.07, 6.45) is 0.658. The highest BCUT2D eigenvalue weighted by atomic mass is 35.5. The molecule has 0 aliphatic rings. The first-order chi connectivity index (χ1) is 10.2. The van der Waals surface area contributed by atoms with E-state index < -0.39 is 28.0 Å². The van der Waals surface area contributed by atoms with Crippen molar-refractivity contribution in [1.29, 1.82) is 0 Å². The number of halogens is 2.